The van der Waals surface area contributed by atoms with E-state index in [2.05, 4.69) is 34.5 Å². The average molecular weight is 1650 g/mol. The topological polar surface area (TPSA) is 408 Å². The molecule has 19 atom stereocenters. The second kappa shape index (κ2) is 42.2. The summed E-state index contributed by atoms with van der Waals surface area (Å²) in [5.74, 6) is 10.7. The van der Waals surface area contributed by atoms with Crippen molar-refractivity contribution >= 4 is 84.6 Å². The van der Waals surface area contributed by atoms with Crippen molar-refractivity contribution in [3.63, 3.8) is 0 Å². The second-order valence-electron chi connectivity index (χ2n) is 25.8. The van der Waals surface area contributed by atoms with Gasteiger partial charge in [-0.2, -0.15) is 5.48 Å². The van der Waals surface area contributed by atoms with Crippen LogP contribution in [0, 0.1) is 34.2 Å². The van der Waals surface area contributed by atoms with Crippen LogP contribution in [0.2, 0.25) is 0 Å². The summed E-state index contributed by atoms with van der Waals surface area (Å²) < 4.78 is 88.9. The predicted octanol–water partition coefficient (Wildman–Crippen LogP) is 2.68. The predicted molar refractivity (Wildman–Crippen MR) is 391 cm³/mol. The summed E-state index contributed by atoms with van der Waals surface area (Å²) in [6.07, 6.45) is -14.9. The van der Waals surface area contributed by atoms with Gasteiger partial charge in [0, 0.05) is 74.7 Å². The van der Waals surface area contributed by atoms with E-state index in [-0.39, 0.29) is 116 Å². The van der Waals surface area contributed by atoms with Crippen LogP contribution in [0.4, 0.5) is 4.79 Å². The molecule has 4 saturated heterocycles. The number of methoxy groups -OCH3 is 5. The van der Waals surface area contributed by atoms with Gasteiger partial charge in [0.25, 0.3) is 0 Å². The molecule has 2 aliphatic carbocycles. The maximum absolute atomic E-state index is 14.6. The van der Waals surface area contributed by atoms with Crippen LogP contribution >= 0.6 is 55.9 Å². The average Bonchev–Trinajstić information content (AvgIpc) is 0.724. The number of likely N-dealkylation sites (N-methyl/N-ethyl adjacent to an activating group) is 1. The molecule has 4 fully saturated rings. The van der Waals surface area contributed by atoms with Crippen LogP contribution in [-0.4, -0.2) is 291 Å². The number of hydroxylamine groups is 1. The highest BCUT2D eigenvalue weighted by molar-refractivity contribution is 14.1. The third-order valence-corrected chi connectivity index (χ3v) is 23.8. The minimum absolute atomic E-state index is 0.00107. The number of rotatable bonds is 37. The van der Waals surface area contributed by atoms with Crippen molar-refractivity contribution in [3.8, 4) is 40.9 Å². The summed E-state index contributed by atoms with van der Waals surface area (Å²) in [5.41, 5.74) is 6.56. The zero-order valence-electron chi connectivity index (χ0n) is 61.0. The van der Waals surface area contributed by atoms with Crippen molar-refractivity contribution < 1.29 is 131 Å². The summed E-state index contributed by atoms with van der Waals surface area (Å²) in [4.78, 5) is 76.3. The Morgan fingerprint density at radius 3 is 2.17 bits per heavy atom. The molecule has 2 amide bonds. The number of hydrogen-bond donors (Lipinski definition) is 9. The Balaban J connectivity index is 1.11. The fourth-order valence-corrected chi connectivity index (χ4v) is 16.9. The smallest absolute Gasteiger partial charge is 0.411 e. The molecule has 588 valence electrons. The zero-order valence-corrected chi connectivity index (χ0v) is 65.6. The summed E-state index contributed by atoms with van der Waals surface area (Å²) in [6.45, 7) is 14.1. The van der Waals surface area contributed by atoms with Gasteiger partial charge in [-0.1, -0.05) is 63.1 Å². The van der Waals surface area contributed by atoms with Gasteiger partial charge >= 0.3 is 6.09 Å². The van der Waals surface area contributed by atoms with Gasteiger partial charge in [-0.25, -0.2) is 4.79 Å². The summed E-state index contributed by atoms with van der Waals surface area (Å²) in [6, 6.07) is -1.80. The number of ether oxygens (including phenoxy) is 15. The molecular weight excluding hydrogens is 1550 g/mol. The fourth-order valence-electron chi connectivity index (χ4n) is 12.7. The Hall–Kier alpha value is -4.31. The molecule has 0 saturated carbocycles. The Morgan fingerprint density at radius 1 is 0.838 bits per heavy atom. The Kier molecular flexibility index (Phi) is 35.3. The number of Topliss-reactive ketones (excluding diaryl/α,β-unsaturated/α-hetero) is 2. The number of carbonyl (C=O) groups is 5. The number of alkyl carbamates (subject to hydrolysis) is 1. The Morgan fingerprint density at radius 2 is 1.52 bits per heavy atom. The number of nitrogens with one attached hydrogen (secondary N) is 2. The van der Waals surface area contributed by atoms with Crippen LogP contribution < -0.4 is 30.7 Å². The fraction of sp³-hybridized carbons (Fsp3) is 0.700. The first-order chi connectivity index (χ1) is 50.1. The molecule has 0 spiro atoms. The summed E-state index contributed by atoms with van der Waals surface area (Å²) >= 11 is 2.78. The van der Waals surface area contributed by atoms with Gasteiger partial charge in [0.2, 0.25) is 23.1 Å². The van der Waals surface area contributed by atoms with Gasteiger partial charge in [0.1, 0.15) is 42.4 Å². The van der Waals surface area contributed by atoms with Crippen LogP contribution in [0.3, 0.4) is 0 Å². The number of amides is 2. The number of aliphatic hydroxyl groups excluding tert-OH is 5. The van der Waals surface area contributed by atoms with E-state index in [1.54, 1.807) is 45.6 Å². The number of aliphatic hydroxyl groups is 6. The standard InChI is InChI=1S/C70H101IN4O27S3/c1-13-75(48(80)35-72)43-36-95-49(32-47(43)87-8)100-62-57(82)54(74-102-50-31-44(78)64(40(5)96-50)104-65(84)51-37(2)53(71)60(63(90-11)59(51)88-9)101-66-58(83)61(89-10)56(81)39(4)98-66)38(3)97-67(62)99-46-20-16-14-15-17-22-70(86)34-45(79)55(73-68(85)91-12)52(46)42(70)21-30-103-105-69(6,7)33-41(77)19-18-24-92-26-28-94-29-27-93-25-23-76/h14-15,21,38-40,43-44,46-47,49-50,54,56-58,61-62,64,66-67,74,76,78,81-83,86H,13,18-19,23-36,72H2,1-12H3,(H,73,85)/b15-14-,42-21+/t38?,39?,40?,43?,44?,46-,47?,49?,50?,54?,56?,57?,58?,61?,62?,64?,66?,67?,70-/m0/s1. The van der Waals surface area contributed by atoms with Crippen LogP contribution in [0.5, 0.6) is 17.2 Å². The quantitative estimate of drug-likeness (QED) is 0.0152. The van der Waals surface area contributed by atoms with Crippen LogP contribution in [0.25, 0.3) is 0 Å². The largest absolute Gasteiger partial charge is 0.492 e. The van der Waals surface area contributed by atoms with Crippen LogP contribution in [-0.2, 0) is 76.1 Å². The molecule has 17 unspecified atom stereocenters. The van der Waals surface area contributed by atoms with Gasteiger partial charge in [-0.3, -0.25) is 29.3 Å². The molecule has 7 rings (SSSR count). The van der Waals surface area contributed by atoms with Crippen molar-refractivity contribution in [1.29, 1.82) is 0 Å². The molecule has 1 aromatic rings. The lowest BCUT2D eigenvalue weighted by Gasteiger charge is -2.47. The van der Waals surface area contributed by atoms with E-state index >= 15 is 0 Å². The number of nitrogens with zero attached hydrogens (tertiary/aromatic N) is 1. The molecule has 0 radical (unpaired) electrons. The van der Waals surface area contributed by atoms with E-state index < -0.39 is 143 Å². The third-order valence-electron chi connectivity index (χ3n) is 18.0. The first kappa shape index (κ1) is 87.9. The van der Waals surface area contributed by atoms with E-state index in [0.717, 1.165) is 18.9 Å². The van der Waals surface area contributed by atoms with Gasteiger partial charge in [0.05, 0.1) is 143 Å². The molecule has 35 heteroatoms. The highest BCUT2D eigenvalue weighted by Gasteiger charge is 2.53. The summed E-state index contributed by atoms with van der Waals surface area (Å²) in [7, 11) is 9.39. The minimum atomic E-state index is -2.21. The molecule has 6 aliphatic rings. The van der Waals surface area contributed by atoms with E-state index in [1.165, 1.54) is 62.2 Å². The summed E-state index contributed by atoms with van der Waals surface area (Å²) in [5, 5.41) is 69.0. The van der Waals surface area contributed by atoms with Gasteiger partial charge in [-0.05, 0) is 95.2 Å². The number of thioether (sulfide) groups is 1. The van der Waals surface area contributed by atoms with E-state index in [4.69, 9.17) is 86.7 Å². The highest BCUT2D eigenvalue weighted by atomic mass is 127. The van der Waals surface area contributed by atoms with Gasteiger partial charge < -0.3 is 112 Å². The lowest BCUT2D eigenvalue weighted by Crippen LogP contribution is -2.65. The van der Waals surface area contributed by atoms with Crippen molar-refractivity contribution in [3.05, 3.63) is 49.8 Å². The third kappa shape index (κ3) is 23.2. The minimum Gasteiger partial charge on any atom is -0.492 e. The van der Waals surface area contributed by atoms with Gasteiger partial charge in [0.15, 0.2) is 41.8 Å². The maximum atomic E-state index is 14.6. The second-order valence-corrected chi connectivity index (χ2v) is 31.1. The van der Waals surface area contributed by atoms with Crippen molar-refractivity contribution in [1.82, 2.24) is 15.7 Å². The molecule has 10 N–H and O–H groups in total. The monoisotopic (exact) mass is 1650 g/mol. The lowest BCUT2D eigenvalue weighted by molar-refractivity contribution is -0.337. The first-order valence-corrected chi connectivity index (χ1v) is 38.7. The SMILES string of the molecule is CCN(C(=O)CN)C1COC(OC2C(O[C@H]3C#C/C=C\C#C[C@]4(O)CC(=O)C(NC(=O)OC)=C3/C4=C\CSSC(C)(C)CC(=O)CCCOCCOCCOCCO)OC(C)C(NOC3CC(O)C(SC(=O)c4c(C)c(I)c(OC5OC(C)C(O)C(OC)C5O)c(OC)c4OC)C(C)O3)C2O)CC1OC. The maximum Gasteiger partial charge on any atom is 0.411 e. The number of benzene rings is 1. The first-order valence-electron chi connectivity index (χ1n) is 34.4. The zero-order chi connectivity index (χ0) is 76.9. The van der Waals surface area contributed by atoms with Crippen LogP contribution in [0.1, 0.15) is 96.0 Å². The van der Waals surface area contributed by atoms with E-state index in [1.807, 2.05) is 36.4 Å². The molecule has 4 aliphatic heterocycles. The number of hydrogen-bond acceptors (Lipinski definition) is 32. The molecule has 4 heterocycles. The Bertz CT molecular complexity index is 3320. The number of fused-ring (bicyclic) bond motifs is 2. The van der Waals surface area contributed by atoms with Crippen molar-refractivity contribution in [2.24, 2.45) is 5.73 Å². The number of nitrogens with two attached hydrogens (primary N) is 1. The molecule has 0 aromatic heterocycles. The number of halogens is 1. The Labute approximate surface area is 637 Å². The normalized spacial score (nSPS) is 31.2. The molecule has 31 nitrogen and oxygen atoms in total. The van der Waals surface area contributed by atoms with Crippen molar-refractivity contribution in [2.75, 3.05) is 107 Å². The lowest BCUT2D eigenvalue weighted by atomic mass is 9.75. The number of carbonyl (C=O) groups excluding carboxylic acids is 5. The van der Waals surface area contributed by atoms with Crippen molar-refractivity contribution in [2.45, 2.75) is 207 Å². The van der Waals surface area contributed by atoms with E-state index in [9.17, 15) is 49.5 Å². The highest BCUT2D eigenvalue weighted by Crippen LogP contribution is 2.49. The van der Waals surface area contributed by atoms with E-state index in [0.29, 0.717) is 48.6 Å². The molecular formula is C70H101IN4O27S3. The van der Waals surface area contributed by atoms with Crippen LogP contribution in [0.15, 0.2) is 35.1 Å². The molecule has 1 aromatic carbocycles. The molecule has 2 bridgehead atoms. The number of ketones is 2. The van der Waals surface area contributed by atoms with Gasteiger partial charge in [-0.15, -0.1) is 0 Å². The number of allylic oxidation sites excluding steroid dienone is 3. The molecule has 105 heavy (non-hydrogen) atoms.